The molecule has 4 aromatic rings. The zero-order chi connectivity index (χ0) is 19.7. The lowest BCUT2D eigenvalue weighted by molar-refractivity contribution is 0.0698. The summed E-state index contributed by atoms with van der Waals surface area (Å²) in [5, 5.41) is 13.3. The Bertz CT molecular complexity index is 1170. The van der Waals surface area contributed by atoms with Crippen LogP contribution in [0.2, 0.25) is 10.0 Å². The number of aromatic carboxylic acids is 1. The summed E-state index contributed by atoms with van der Waals surface area (Å²) in [7, 11) is 0. The van der Waals surface area contributed by atoms with E-state index in [0.717, 1.165) is 27.4 Å². The lowest BCUT2D eigenvalue weighted by Gasteiger charge is -2.08. The average molecular weight is 426 g/mol. The molecule has 3 aromatic carbocycles. The van der Waals surface area contributed by atoms with Gasteiger partial charge >= 0.3 is 5.97 Å². The fraction of sp³-hybridized carbons (Fsp3) is 0. The highest BCUT2D eigenvalue weighted by atomic mass is 35.5. The normalized spacial score (nSPS) is 10.8. The Labute approximate surface area is 175 Å². The minimum atomic E-state index is -0.970. The van der Waals surface area contributed by atoms with Gasteiger partial charge in [0.25, 0.3) is 0 Å². The van der Waals surface area contributed by atoms with Crippen LogP contribution in [-0.4, -0.2) is 16.1 Å². The van der Waals surface area contributed by atoms with Crippen molar-refractivity contribution in [3.8, 4) is 33.0 Å². The van der Waals surface area contributed by atoms with Gasteiger partial charge in [0.2, 0.25) is 0 Å². The summed E-state index contributed by atoms with van der Waals surface area (Å²) in [5.74, 6) is -0.970. The van der Waals surface area contributed by atoms with Gasteiger partial charge in [0.15, 0.2) is 0 Å². The minimum Gasteiger partial charge on any atom is -0.478 e. The number of rotatable bonds is 4. The van der Waals surface area contributed by atoms with Crippen LogP contribution in [0.3, 0.4) is 0 Å². The van der Waals surface area contributed by atoms with E-state index in [4.69, 9.17) is 23.2 Å². The van der Waals surface area contributed by atoms with Gasteiger partial charge in [-0.25, -0.2) is 9.78 Å². The first-order valence-corrected chi connectivity index (χ1v) is 10.0. The molecule has 1 heterocycles. The lowest BCUT2D eigenvalue weighted by Crippen LogP contribution is -2.00. The SMILES string of the molecule is O=C(O)c1cc(-c2nc(-c3ccc(Cl)c(Cl)c3)cs2)ccc1-c1ccccc1. The van der Waals surface area contributed by atoms with Crippen molar-refractivity contribution in [3.05, 3.63) is 87.7 Å². The number of aromatic nitrogens is 1. The molecular formula is C22H13Cl2NO2S. The molecule has 1 aromatic heterocycles. The maximum atomic E-state index is 11.8. The molecule has 4 rings (SSSR count). The number of benzene rings is 3. The minimum absolute atomic E-state index is 0.245. The Morgan fingerprint density at radius 2 is 1.61 bits per heavy atom. The maximum Gasteiger partial charge on any atom is 0.336 e. The van der Waals surface area contributed by atoms with Crippen molar-refractivity contribution in [2.75, 3.05) is 0 Å². The summed E-state index contributed by atoms with van der Waals surface area (Å²) in [6.07, 6.45) is 0. The summed E-state index contributed by atoms with van der Waals surface area (Å²) in [5.41, 5.74) is 4.17. The highest BCUT2D eigenvalue weighted by Gasteiger charge is 2.15. The van der Waals surface area contributed by atoms with Gasteiger partial charge in [0, 0.05) is 16.5 Å². The zero-order valence-corrected chi connectivity index (χ0v) is 16.7. The third-order valence-electron chi connectivity index (χ3n) is 4.30. The molecule has 0 aliphatic heterocycles. The summed E-state index contributed by atoms with van der Waals surface area (Å²) >= 11 is 13.5. The number of halogens is 2. The molecular weight excluding hydrogens is 413 g/mol. The first-order chi connectivity index (χ1) is 13.5. The molecule has 0 fully saturated rings. The van der Waals surface area contributed by atoms with Crippen LogP contribution in [0.1, 0.15) is 10.4 Å². The Balaban J connectivity index is 1.74. The van der Waals surface area contributed by atoms with Gasteiger partial charge in [-0.3, -0.25) is 0 Å². The van der Waals surface area contributed by atoms with Crippen LogP contribution in [0.5, 0.6) is 0 Å². The van der Waals surface area contributed by atoms with Crippen molar-refractivity contribution >= 4 is 40.5 Å². The van der Waals surface area contributed by atoms with Crippen molar-refractivity contribution < 1.29 is 9.90 Å². The van der Waals surface area contributed by atoms with Gasteiger partial charge in [-0.05, 0) is 29.3 Å². The van der Waals surface area contributed by atoms with Crippen molar-refractivity contribution in [1.29, 1.82) is 0 Å². The third-order valence-corrected chi connectivity index (χ3v) is 5.93. The van der Waals surface area contributed by atoms with Crippen LogP contribution in [0, 0.1) is 0 Å². The fourth-order valence-corrected chi connectivity index (χ4v) is 4.04. The zero-order valence-electron chi connectivity index (χ0n) is 14.4. The number of carboxylic acids is 1. The monoisotopic (exact) mass is 425 g/mol. The molecule has 0 aliphatic rings. The summed E-state index contributed by atoms with van der Waals surface area (Å²) in [6, 6.07) is 20.2. The average Bonchev–Trinajstić information content (AvgIpc) is 3.20. The van der Waals surface area contributed by atoms with Crippen molar-refractivity contribution in [3.63, 3.8) is 0 Å². The van der Waals surface area contributed by atoms with Crippen LogP contribution in [0.4, 0.5) is 0 Å². The molecule has 0 saturated carbocycles. The van der Waals surface area contributed by atoms with Crippen molar-refractivity contribution in [1.82, 2.24) is 4.98 Å². The molecule has 6 heteroatoms. The van der Waals surface area contributed by atoms with E-state index in [1.54, 1.807) is 18.2 Å². The van der Waals surface area contributed by atoms with E-state index >= 15 is 0 Å². The Morgan fingerprint density at radius 3 is 2.32 bits per heavy atom. The number of carboxylic acid groups (broad SMARTS) is 1. The summed E-state index contributed by atoms with van der Waals surface area (Å²) in [4.78, 5) is 16.5. The molecule has 0 bridgehead atoms. The predicted octanol–water partition coefficient (Wildman–Crippen LogP) is 7.15. The van der Waals surface area contributed by atoms with Crippen molar-refractivity contribution in [2.45, 2.75) is 0 Å². The van der Waals surface area contributed by atoms with Gasteiger partial charge in [0.1, 0.15) is 5.01 Å². The topological polar surface area (TPSA) is 50.2 Å². The van der Waals surface area contributed by atoms with E-state index in [1.807, 2.05) is 53.9 Å². The van der Waals surface area contributed by atoms with Crippen LogP contribution in [0.15, 0.2) is 72.1 Å². The van der Waals surface area contributed by atoms with E-state index < -0.39 is 5.97 Å². The molecule has 3 nitrogen and oxygen atoms in total. The highest BCUT2D eigenvalue weighted by molar-refractivity contribution is 7.13. The fourth-order valence-electron chi connectivity index (χ4n) is 2.92. The van der Waals surface area contributed by atoms with Crippen LogP contribution in [0.25, 0.3) is 33.0 Å². The second-order valence-corrected chi connectivity index (χ2v) is 7.77. The molecule has 0 radical (unpaired) electrons. The smallest absolute Gasteiger partial charge is 0.336 e. The highest BCUT2D eigenvalue weighted by Crippen LogP contribution is 2.34. The summed E-state index contributed by atoms with van der Waals surface area (Å²) in [6.45, 7) is 0. The number of hydrogen-bond donors (Lipinski definition) is 1. The Hall–Kier alpha value is -2.66. The second-order valence-electron chi connectivity index (χ2n) is 6.10. The number of thiazole rings is 1. The standard InChI is InChI=1S/C22H13Cl2NO2S/c23-18-9-7-14(11-19(18)24)20-12-28-21(25-20)15-6-8-16(17(10-15)22(26)27)13-4-2-1-3-5-13/h1-12H,(H,26,27). The van der Waals surface area contributed by atoms with Crippen LogP contribution in [-0.2, 0) is 0 Å². The molecule has 0 saturated heterocycles. The maximum absolute atomic E-state index is 11.8. The molecule has 0 atom stereocenters. The molecule has 0 unspecified atom stereocenters. The van der Waals surface area contributed by atoms with Crippen LogP contribution < -0.4 is 0 Å². The van der Waals surface area contributed by atoms with Gasteiger partial charge in [-0.1, -0.05) is 71.7 Å². The predicted molar refractivity (Wildman–Crippen MR) is 115 cm³/mol. The van der Waals surface area contributed by atoms with E-state index in [0.29, 0.717) is 15.6 Å². The molecule has 0 spiro atoms. The van der Waals surface area contributed by atoms with Crippen LogP contribution >= 0.6 is 34.5 Å². The largest absolute Gasteiger partial charge is 0.478 e. The number of hydrogen-bond acceptors (Lipinski definition) is 3. The lowest BCUT2D eigenvalue weighted by atomic mass is 9.97. The Kier molecular flexibility index (Phi) is 5.18. The quantitative estimate of drug-likeness (QED) is 0.377. The molecule has 0 amide bonds. The molecule has 1 N–H and O–H groups in total. The van der Waals surface area contributed by atoms with Gasteiger partial charge < -0.3 is 5.11 Å². The first kappa shape index (κ1) is 18.7. The van der Waals surface area contributed by atoms with E-state index in [1.165, 1.54) is 11.3 Å². The van der Waals surface area contributed by atoms with Gasteiger partial charge in [-0.15, -0.1) is 11.3 Å². The van der Waals surface area contributed by atoms with E-state index in [9.17, 15) is 9.90 Å². The van der Waals surface area contributed by atoms with Crippen molar-refractivity contribution in [2.24, 2.45) is 0 Å². The first-order valence-electron chi connectivity index (χ1n) is 8.37. The molecule has 138 valence electrons. The molecule has 0 aliphatic carbocycles. The second kappa shape index (κ2) is 7.76. The van der Waals surface area contributed by atoms with Gasteiger partial charge in [-0.2, -0.15) is 0 Å². The molecule has 28 heavy (non-hydrogen) atoms. The van der Waals surface area contributed by atoms with E-state index in [2.05, 4.69) is 4.98 Å². The van der Waals surface area contributed by atoms with Gasteiger partial charge in [0.05, 0.1) is 21.3 Å². The summed E-state index contributed by atoms with van der Waals surface area (Å²) < 4.78 is 0. The Morgan fingerprint density at radius 1 is 0.857 bits per heavy atom. The third kappa shape index (κ3) is 3.67. The number of nitrogens with zero attached hydrogens (tertiary/aromatic N) is 1. The van der Waals surface area contributed by atoms with E-state index in [-0.39, 0.29) is 5.56 Å². The number of carbonyl (C=O) groups is 1.